The lowest BCUT2D eigenvalue weighted by Crippen LogP contribution is -2.15. The smallest absolute Gasteiger partial charge is 0.206 e. The van der Waals surface area contributed by atoms with Crippen LogP contribution in [0.1, 0.15) is 18.9 Å². The first-order chi connectivity index (χ1) is 8.24. The molecular formula is C12H14BrN3S. The highest BCUT2D eigenvalue weighted by Crippen LogP contribution is 2.21. The molecule has 0 fully saturated rings. The maximum atomic E-state index is 4.02. The third-order valence-electron chi connectivity index (χ3n) is 2.48. The van der Waals surface area contributed by atoms with E-state index in [0.29, 0.717) is 6.04 Å². The van der Waals surface area contributed by atoms with Gasteiger partial charge in [0.25, 0.3) is 0 Å². The SMILES string of the molecule is CC(CCc1ccccc1)Nc1nnc(Br)s1. The molecule has 17 heavy (non-hydrogen) atoms. The first kappa shape index (κ1) is 12.5. The van der Waals surface area contributed by atoms with Gasteiger partial charge in [0.15, 0.2) is 3.92 Å². The Hall–Kier alpha value is -0.940. The van der Waals surface area contributed by atoms with Gasteiger partial charge >= 0.3 is 0 Å². The van der Waals surface area contributed by atoms with E-state index >= 15 is 0 Å². The number of hydrogen-bond donors (Lipinski definition) is 1. The maximum Gasteiger partial charge on any atom is 0.206 e. The third kappa shape index (κ3) is 4.09. The summed E-state index contributed by atoms with van der Waals surface area (Å²) in [5, 5.41) is 12.2. The molecule has 3 nitrogen and oxygen atoms in total. The Balaban J connectivity index is 1.80. The molecule has 0 aliphatic heterocycles. The van der Waals surface area contributed by atoms with Gasteiger partial charge < -0.3 is 5.32 Å². The van der Waals surface area contributed by atoms with Crippen molar-refractivity contribution < 1.29 is 0 Å². The summed E-state index contributed by atoms with van der Waals surface area (Å²) in [4.78, 5) is 0. The van der Waals surface area contributed by atoms with Crippen LogP contribution in [0.15, 0.2) is 34.2 Å². The van der Waals surface area contributed by atoms with Gasteiger partial charge in [-0.25, -0.2) is 0 Å². The zero-order valence-corrected chi connectivity index (χ0v) is 12.0. The standard InChI is InChI=1S/C12H14BrN3S/c1-9(14-12-16-15-11(13)17-12)7-8-10-5-3-2-4-6-10/h2-6,9H,7-8H2,1H3,(H,14,16). The summed E-state index contributed by atoms with van der Waals surface area (Å²) in [5.41, 5.74) is 1.37. The molecule has 2 aromatic rings. The predicted molar refractivity (Wildman–Crippen MR) is 75.5 cm³/mol. The first-order valence-electron chi connectivity index (χ1n) is 5.53. The summed E-state index contributed by atoms with van der Waals surface area (Å²) < 4.78 is 0.815. The highest BCUT2D eigenvalue weighted by Gasteiger charge is 2.06. The van der Waals surface area contributed by atoms with Crippen LogP contribution in [0, 0.1) is 0 Å². The molecule has 1 aromatic heterocycles. The molecule has 1 aromatic carbocycles. The van der Waals surface area contributed by atoms with Gasteiger partial charge in [-0.15, -0.1) is 10.2 Å². The van der Waals surface area contributed by atoms with Crippen molar-refractivity contribution in [3.8, 4) is 0 Å². The van der Waals surface area contributed by atoms with E-state index in [1.807, 2.05) is 6.07 Å². The molecule has 0 amide bonds. The fourth-order valence-electron chi connectivity index (χ4n) is 1.57. The second-order valence-corrected chi connectivity index (χ2v) is 6.18. The zero-order valence-electron chi connectivity index (χ0n) is 9.56. The van der Waals surface area contributed by atoms with Gasteiger partial charge in [-0.05, 0) is 41.3 Å². The van der Waals surface area contributed by atoms with E-state index in [1.54, 1.807) is 0 Å². The highest BCUT2D eigenvalue weighted by atomic mass is 79.9. The number of aryl methyl sites for hydroxylation is 1. The van der Waals surface area contributed by atoms with Crippen LogP contribution >= 0.6 is 27.3 Å². The normalized spacial score (nSPS) is 12.4. The number of benzene rings is 1. The van der Waals surface area contributed by atoms with E-state index in [2.05, 4.69) is 62.6 Å². The molecule has 0 aliphatic rings. The second-order valence-electron chi connectivity index (χ2n) is 3.93. The average Bonchev–Trinajstić information content (AvgIpc) is 2.73. The van der Waals surface area contributed by atoms with E-state index in [0.717, 1.165) is 21.9 Å². The van der Waals surface area contributed by atoms with Crippen molar-refractivity contribution in [2.45, 2.75) is 25.8 Å². The monoisotopic (exact) mass is 311 g/mol. The zero-order chi connectivity index (χ0) is 12.1. The Morgan fingerprint density at radius 2 is 2.06 bits per heavy atom. The summed E-state index contributed by atoms with van der Waals surface area (Å²) in [6.45, 7) is 2.16. The number of aromatic nitrogens is 2. The lowest BCUT2D eigenvalue weighted by molar-refractivity contribution is 0.704. The van der Waals surface area contributed by atoms with Crippen LogP contribution in [0.4, 0.5) is 5.13 Å². The van der Waals surface area contributed by atoms with Crippen LogP contribution in [-0.2, 0) is 6.42 Å². The minimum atomic E-state index is 0.398. The molecular weight excluding hydrogens is 298 g/mol. The van der Waals surface area contributed by atoms with Gasteiger partial charge in [-0.1, -0.05) is 41.7 Å². The largest absolute Gasteiger partial charge is 0.358 e. The van der Waals surface area contributed by atoms with E-state index < -0.39 is 0 Å². The molecule has 5 heteroatoms. The minimum Gasteiger partial charge on any atom is -0.358 e. The van der Waals surface area contributed by atoms with E-state index in [4.69, 9.17) is 0 Å². The quantitative estimate of drug-likeness (QED) is 0.914. The lowest BCUT2D eigenvalue weighted by atomic mass is 10.1. The van der Waals surface area contributed by atoms with E-state index in [9.17, 15) is 0 Å². The van der Waals surface area contributed by atoms with Gasteiger partial charge in [0.2, 0.25) is 5.13 Å². The van der Waals surface area contributed by atoms with Crippen molar-refractivity contribution in [3.05, 3.63) is 39.8 Å². The molecule has 1 heterocycles. The molecule has 0 bridgehead atoms. The van der Waals surface area contributed by atoms with Crippen molar-refractivity contribution in [2.75, 3.05) is 5.32 Å². The molecule has 1 unspecified atom stereocenters. The van der Waals surface area contributed by atoms with E-state index in [1.165, 1.54) is 16.9 Å². The summed E-state index contributed by atoms with van der Waals surface area (Å²) in [6.07, 6.45) is 2.16. The van der Waals surface area contributed by atoms with Gasteiger partial charge in [0.05, 0.1) is 0 Å². The van der Waals surface area contributed by atoms with Crippen LogP contribution in [0.2, 0.25) is 0 Å². The number of rotatable bonds is 5. The lowest BCUT2D eigenvalue weighted by Gasteiger charge is -2.11. The topological polar surface area (TPSA) is 37.8 Å². The van der Waals surface area contributed by atoms with Crippen LogP contribution in [0.3, 0.4) is 0 Å². The Labute approximate surface area is 113 Å². The summed E-state index contributed by atoms with van der Waals surface area (Å²) >= 11 is 4.82. The summed E-state index contributed by atoms with van der Waals surface area (Å²) in [6, 6.07) is 10.9. The minimum absolute atomic E-state index is 0.398. The maximum absolute atomic E-state index is 4.02. The molecule has 0 saturated carbocycles. The molecule has 0 saturated heterocycles. The Morgan fingerprint density at radius 3 is 2.71 bits per heavy atom. The summed E-state index contributed by atoms with van der Waals surface area (Å²) in [7, 11) is 0. The fourth-order valence-corrected chi connectivity index (χ4v) is 2.70. The number of anilines is 1. The van der Waals surface area contributed by atoms with Crippen LogP contribution in [0.5, 0.6) is 0 Å². The van der Waals surface area contributed by atoms with Crippen molar-refractivity contribution >= 4 is 32.4 Å². The fraction of sp³-hybridized carbons (Fsp3) is 0.333. The number of halogens is 1. The van der Waals surface area contributed by atoms with Crippen molar-refractivity contribution in [3.63, 3.8) is 0 Å². The van der Waals surface area contributed by atoms with Crippen molar-refractivity contribution in [2.24, 2.45) is 0 Å². The molecule has 0 spiro atoms. The molecule has 90 valence electrons. The van der Waals surface area contributed by atoms with Crippen LogP contribution in [-0.4, -0.2) is 16.2 Å². The van der Waals surface area contributed by atoms with Crippen LogP contribution in [0.25, 0.3) is 0 Å². The molecule has 1 N–H and O–H groups in total. The second kappa shape index (κ2) is 6.12. The number of nitrogens with zero attached hydrogens (tertiary/aromatic N) is 2. The number of hydrogen-bond acceptors (Lipinski definition) is 4. The Bertz CT molecular complexity index is 458. The first-order valence-corrected chi connectivity index (χ1v) is 7.14. The van der Waals surface area contributed by atoms with E-state index in [-0.39, 0.29) is 0 Å². The number of nitrogens with one attached hydrogen (secondary N) is 1. The van der Waals surface area contributed by atoms with Gasteiger partial charge in [-0.2, -0.15) is 0 Å². The van der Waals surface area contributed by atoms with Gasteiger partial charge in [0.1, 0.15) is 0 Å². The van der Waals surface area contributed by atoms with Gasteiger partial charge in [-0.3, -0.25) is 0 Å². The highest BCUT2D eigenvalue weighted by molar-refractivity contribution is 9.11. The predicted octanol–water partition coefficient (Wildman–Crippen LogP) is 3.73. The van der Waals surface area contributed by atoms with Crippen molar-refractivity contribution in [1.82, 2.24) is 10.2 Å². The van der Waals surface area contributed by atoms with Crippen molar-refractivity contribution in [1.29, 1.82) is 0 Å². The van der Waals surface area contributed by atoms with Gasteiger partial charge in [0, 0.05) is 6.04 Å². The Morgan fingerprint density at radius 1 is 1.29 bits per heavy atom. The average molecular weight is 312 g/mol. The molecule has 0 aliphatic carbocycles. The molecule has 1 atom stereocenters. The molecule has 0 radical (unpaired) electrons. The molecule has 2 rings (SSSR count). The third-order valence-corrected chi connectivity index (χ3v) is 3.77. The Kier molecular flexibility index (Phi) is 4.50. The summed E-state index contributed by atoms with van der Waals surface area (Å²) in [5.74, 6) is 0. The van der Waals surface area contributed by atoms with Crippen LogP contribution < -0.4 is 5.32 Å².